The first-order chi connectivity index (χ1) is 9.58. The maximum Gasteiger partial charge on any atom is 0.240 e. The van der Waals surface area contributed by atoms with E-state index >= 15 is 0 Å². The van der Waals surface area contributed by atoms with Gasteiger partial charge in [-0.3, -0.25) is 19.8 Å². The van der Waals surface area contributed by atoms with Crippen molar-refractivity contribution in [1.29, 1.82) is 0 Å². The molecule has 1 aromatic carbocycles. The molecule has 0 bridgehead atoms. The van der Waals surface area contributed by atoms with Gasteiger partial charge in [-0.1, -0.05) is 17.9 Å². The van der Waals surface area contributed by atoms with Gasteiger partial charge in [-0.05, 0) is 12.1 Å². The molecule has 2 amide bonds. The highest BCUT2D eigenvalue weighted by Crippen LogP contribution is 2.13. The zero-order chi connectivity index (χ0) is 14.5. The minimum Gasteiger partial charge on any atom is -0.320 e. The number of imide groups is 1. The van der Waals surface area contributed by atoms with Crippen LogP contribution in [0, 0.1) is 17.7 Å². The fourth-order valence-corrected chi connectivity index (χ4v) is 1.96. The topological polar surface area (TPSA) is 75.4 Å². The largest absolute Gasteiger partial charge is 0.320 e. The monoisotopic (exact) mass is 275 g/mol. The van der Waals surface area contributed by atoms with Crippen molar-refractivity contribution in [2.45, 2.75) is 6.54 Å². The van der Waals surface area contributed by atoms with Crippen molar-refractivity contribution in [1.82, 2.24) is 10.2 Å². The SMILES string of the molecule is NCC#Cc1ccc(CN2CC(=O)NC(=O)C2)c(F)c1. The van der Waals surface area contributed by atoms with Gasteiger partial charge >= 0.3 is 0 Å². The number of benzene rings is 1. The lowest BCUT2D eigenvalue weighted by Crippen LogP contribution is -2.50. The number of amides is 2. The zero-order valence-corrected chi connectivity index (χ0v) is 10.8. The zero-order valence-electron chi connectivity index (χ0n) is 10.8. The number of nitrogens with zero attached hydrogens (tertiary/aromatic N) is 1. The molecule has 3 N–H and O–H groups in total. The lowest BCUT2D eigenvalue weighted by atomic mass is 10.1. The van der Waals surface area contributed by atoms with Gasteiger partial charge in [-0.15, -0.1) is 0 Å². The molecule has 5 nitrogen and oxygen atoms in total. The van der Waals surface area contributed by atoms with Gasteiger partial charge in [0.1, 0.15) is 5.82 Å². The fourth-order valence-electron chi connectivity index (χ4n) is 1.96. The second kappa shape index (κ2) is 6.28. The van der Waals surface area contributed by atoms with Crippen LogP contribution in [-0.2, 0) is 16.1 Å². The van der Waals surface area contributed by atoms with Gasteiger partial charge in [-0.25, -0.2) is 4.39 Å². The Kier molecular flexibility index (Phi) is 4.45. The van der Waals surface area contributed by atoms with E-state index in [1.54, 1.807) is 17.0 Å². The van der Waals surface area contributed by atoms with Crippen LogP contribution in [0.15, 0.2) is 18.2 Å². The molecule has 0 spiro atoms. The number of nitrogens with two attached hydrogens (primary N) is 1. The number of nitrogens with one attached hydrogen (secondary N) is 1. The van der Waals surface area contributed by atoms with Crippen molar-refractivity contribution in [3.05, 3.63) is 35.1 Å². The Bertz CT molecular complexity index is 588. The highest BCUT2D eigenvalue weighted by molar-refractivity contribution is 5.99. The third kappa shape index (κ3) is 3.63. The number of hydrogen-bond acceptors (Lipinski definition) is 4. The second-order valence-corrected chi connectivity index (χ2v) is 4.43. The number of halogens is 1. The summed E-state index contributed by atoms with van der Waals surface area (Å²) in [5, 5.41) is 2.20. The van der Waals surface area contributed by atoms with Gasteiger partial charge in [0.25, 0.3) is 0 Å². The highest BCUT2D eigenvalue weighted by Gasteiger charge is 2.23. The van der Waals surface area contributed by atoms with Gasteiger partial charge in [0.15, 0.2) is 0 Å². The number of hydrogen-bond donors (Lipinski definition) is 2. The molecule has 1 aliphatic rings. The summed E-state index contributed by atoms with van der Waals surface area (Å²) in [5.74, 6) is 4.24. The highest BCUT2D eigenvalue weighted by atomic mass is 19.1. The molecule has 2 rings (SSSR count). The van der Waals surface area contributed by atoms with Crippen LogP contribution in [0.25, 0.3) is 0 Å². The quantitative estimate of drug-likeness (QED) is 0.568. The van der Waals surface area contributed by atoms with Crippen molar-refractivity contribution >= 4 is 11.8 Å². The van der Waals surface area contributed by atoms with Crippen LogP contribution in [0.2, 0.25) is 0 Å². The van der Waals surface area contributed by atoms with E-state index in [0.717, 1.165) is 0 Å². The molecule has 1 saturated heterocycles. The third-order valence-corrected chi connectivity index (χ3v) is 2.80. The Morgan fingerprint density at radius 2 is 2.00 bits per heavy atom. The minimum atomic E-state index is -0.410. The summed E-state index contributed by atoms with van der Waals surface area (Å²) in [6.07, 6.45) is 0. The summed E-state index contributed by atoms with van der Waals surface area (Å²) in [6.45, 7) is 0.587. The van der Waals surface area contributed by atoms with Gasteiger partial charge in [0.05, 0.1) is 19.6 Å². The number of rotatable bonds is 2. The summed E-state index contributed by atoms with van der Waals surface area (Å²) in [5.41, 5.74) is 6.22. The molecule has 0 saturated carbocycles. The molecule has 0 atom stereocenters. The standard InChI is InChI=1S/C14H14FN3O2/c15-12-6-10(2-1-5-16)3-4-11(12)7-18-8-13(19)17-14(20)9-18/h3-4,6H,5,7-9,16H2,(H,17,19,20). The van der Waals surface area contributed by atoms with Crippen molar-refractivity contribution < 1.29 is 14.0 Å². The molecule has 1 aliphatic heterocycles. The lowest BCUT2D eigenvalue weighted by molar-refractivity contribution is -0.136. The van der Waals surface area contributed by atoms with Crippen LogP contribution >= 0.6 is 0 Å². The average molecular weight is 275 g/mol. The molecular formula is C14H14FN3O2. The first kappa shape index (κ1) is 14.2. The normalized spacial score (nSPS) is 15.5. The van der Waals surface area contributed by atoms with Crippen LogP contribution in [-0.4, -0.2) is 36.3 Å². The van der Waals surface area contributed by atoms with Crippen LogP contribution < -0.4 is 11.1 Å². The van der Waals surface area contributed by atoms with Crippen molar-refractivity contribution in [3.63, 3.8) is 0 Å². The van der Waals surface area contributed by atoms with E-state index < -0.39 is 5.82 Å². The Labute approximate surface area is 115 Å². The molecule has 0 radical (unpaired) electrons. The molecule has 0 aliphatic carbocycles. The van der Waals surface area contributed by atoms with Crippen molar-refractivity contribution in [2.24, 2.45) is 5.73 Å². The molecule has 104 valence electrons. The summed E-state index contributed by atoms with van der Waals surface area (Å²) >= 11 is 0. The molecular weight excluding hydrogens is 261 g/mol. The van der Waals surface area contributed by atoms with Crippen LogP contribution in [0.4, 0.5) is 4.39 Å². The smallest absolute Gasteiger partial charge is 0.240 e. The van der Waals surface area contributed by atoms with Crippen LogP contribution in [0.5, 0.6) is 0 Å². The van der Waals surface area contributed by atoms with E-state index in [2.05, 4.69) is 17.2 Å². The average Bonchev–Trinajstić information content (AvgIpc) is 2.38. The van der Waals surface area contributed by atoms with E-state index in [1.165, 1.54) is 6.07 Å². The number of carbonyl (C=O) groups is 2. The summed E-state index contributed by atoms with van der Waals surface area (Å²) < 4.78 is 13.9. The predicted octanol–water partition coefficient (Wildman–Crippen LogP) is -0.406. The van der Waals surface area contributed by atoms with Crippen LogP contribution in [0.3, 0.4) is 0 Å². The molecule has 6 heteroatoms. The Hall–Kier alpha value is -2.23. The Morgan fingerprint density at radius 3 is 2.60 bits per heavy atom. The molecule has 1 fully saturated rings. The van der Waals surface area contributed by atoms with E-state index in [0.29, 0.717) is 11.1 Å². The molecule has 1 aromatic rings. The summed E-state index contributed by atoms with van der Waals surface area (Å²) in [7, 11) is 0. The van der Waals surface area contributed by atoms with Gasteiger partial charge in [-0.2, -0.15) is 0 Å². The molecule has 1 heterocycles. The van der Waals surface area contributed by atoms with Crippen molar-refractivity contribution in [2.75, 3.05) is 19.6 Å². The van der Waals surface area contributed by atoms with Gasteiger partial charge in [0, 0.05) is 17.7 Å². The summed E-state index contributed by atoms with van der Waals surface area (Å²) in [4.78, 5) is 24.1. The molecule has 0 unspecified atom stereocenters. The minimum absolute atomic E-state index is 0.0832. The number of piperazine rings is 1. The van der Waals surface area contributed by atoms with E-state index in [9.17, 15) is 14.0 Å². The summed E-state index contributed by atoms with van der Waals surface area (Å²) in [6, 6.07) is 4.61. The maximum atomic E-state index is 13.9. The maximum absolute atomic E-state index is 13.9. The Balaban J connectivity index is 2.09. The van der Waals surface area contributed by atoms with E-state index in [-0.39, 0.29) is 38.0 Å². The third-order valence-electron chi connectivity index (χ3n) is 2.80. The van der Waals surface area contributed by atoms with Crippen molar-refractivity contribution in [3.8, 4) is 11.8 Å². The van der Waals surface area contributed by atoms with Gasteiger partial charge in [0.2, 0.25) is 11.8 Å². The molecule has 0 aromatic heterocycles. The Morgan fingerprint density at radius 1 is 1.30 bits per heavy atom. The van der Waals surface area contributed by atoms with E-state index in [1.807, 2.05) is 0 Å². The fraction of sp³-hybridized carbons (Fsp3) is 0.286. The van der Waals surface area contributed by atoms with E-state index in [4.69, 9.17) is 5.73 Å². The second-order valence-electron chi connectivity index (χ2n) is 4.43. The first-order valence-corrected chi connectivity index (χ1v) is 6.11. The van der Waals surface area contributed by atoms with Gasteiger partial charge < -0.3 is 5.73 Å². The lowest BCUT2D eigenvalue weighted by Gasteiger charge is -2.25. The molecule has 20 heavy (non-hydrogen) atoms. The number of carbonyl (C=O) groups excluding carboxylic acids is 2. The van der Waals surface area contributed by atoms with Crippen LogP contribution in [0.1, 0.15) is 11.1 Å². The predicted molar refractivity (Wildman–Crippen MR) is 70.8 cm³/mol. The first-order valence-electron chi connectivity index (χ1n) is 6.11.